The standard InChI is InChI=1S/C21H21N3O4/c1-13-12-18(15(3)23(13)16-8-10-17(28-4)11-9-16)21(25)22-19-6-5-7-20(14(19)2)24(26)27/h5-12H,1-4H3,(H,22,25). The Bertz CT molecular complexity index is 1050. The lowest BCUT2D eigenvalue weighted by molar-refractivity contribution is -0.385. The summed E-state index contributed by atoms with van der Waals surface area (Å²) in [7, 11) is 1.61. The number of aromatic nitrogens is 1. The highest BCUT2D eigenvalue weighted by molar-refractivity contribution is 6.06. The maximum absolute atomic E-state index is 12.9. The number of nitro benzene ring substituents is 1. The Hall–Kier alpha value is -3.61. The highest BCUT2D eigenvalue weighted by atomic mass is 16.6. The summed E-state index contributed by atoms with van der Waals surface area (Å²) in [6, 6.07) is 14.0. The first-order valence-corrected chi connectivity index (χ1v) is 8.72. The Morgan fingerprint density at radius 1 is 1.11 bits per heavy atom. The van der Waals surface area contributed by atoms with Gasteiger partial charge in [0.15, 0.2) is 0 Å². The lowest BCUT2D eigenvalue weighted by Crippen LogP contribution is -2.14. The summed E-state index contributed by atoms with van der Waals surface area (Å²) >= 11 is 0. The molecule has 3 rings (SSSR count). The lowest BCUT2D eigenvalue weighted by atomic mass is 10.1. The number of benzene rings is 2. The van der Waals surface area contributed by atoms with Crippen molar-refractivity contribution in [3.8, 4) is 11.4 Å². The van der Waals surface area contributed by atoms with Gasteiger partial charge in [0.1, 0.15) is 5.75 Å². The third-order valence-corrected chi connectivity index (χ3v) is 4.76. The van der Waals surface area contributed by atoms with Crippen LogP contribution in [-0.2, 0) is 0 Å². The molecule has 0 radical (unpaired) electrons. The zero-order valence-electron chi connectivity index (χ0n) is 16.1. The van der Waals surface area contributed by atoms with E-state index < -0.39 is 4.92 Å². The number of amides is 1. The molecule has 7 heteroatoms. The maximum atomic E-state index is 12.9. The Balaban J connectivity index is 1.93. The number of anilines is 1. The predicted molar refractivity (Wildman–Crippen MR) is 108 cm³/mol. The molecule has 0 unspecified atom stereocenters. The fourth-order valence-corrected chi connectivity index (χ4v) is 3.27. The highest BCUT2D eigenvalue weighted by Gasteiger charge is 2.19. The second kappa shape index (κ2) is 7.56. The van der Waals surface area contributed by atoms with E-state index in [4.69, 9.17) is 4.74 Å². The van der Waals surface area contributed by atoms with Crippen LogP contribution in [-0.4, -0.2) is 22.5 Å². The van der Waals surface area contributed by atoms with Crippen LogP contribution in [0.25, 0.3) is 5.69 Å². The van der Waals surface area contributed by atoms with E-state index in [0.717, 1.165) is 22.8 Å². The van der Waals surface area contributed by atoms with Crippen LogP contribution in [0, 0.1) is 30.9 Å². The van der Waals surface area contributed by atoms with Crippen LogP contribution in [0.4, 0.5) is 11.4 Å². The highest BCUT2D eigenvalue weighted by Crippen LogP contribution is 2.27. The number of nitrogens with one attached hydrogen (secondary N) is 1. The normalized spacial score (nSPS) is 10.6. The van der Waals surface area contributed by atoms with Crippen molar-refractivity contribution < 1.29 is 14.5 Å². The quantitative estimate of drug-likeness (QED) is 0.520. The molecule has 0 fully saturated rings. The summed E-state index contributed by atoms with van der Waals surface area (Å²) in [5.41, 5.74) is 3.94. The van der Waals surface area contributed by atoms with Crippen molar-refractivity contribution >= 4 is 17.3 Å². The van der Waals surface area contributed by atoms with Crippen LogP contribution in [0.5, 0.6) is 5.75 Å². The van der Waals surface area contributed by atoms with Gasteiger partial charge in [-0.25, -0.2) is 0 Å². The molecular weight excluding hydrogens is 358 g/mol. The van der Waals surface area contributed by atoms with Crippen molar-refractivity contribution in [2.45, 2.75) is 20.8 Å². The second-order valence-electron chi connectivity index (χ2n) is 6.48. The number of ether oxygens (including phenoxy) is 1. The third kappa shape index (κ3) is 3.46. The van der Waals surface area contributed by atoms with E-state index >= 15 is 0 Å². The third-order valence-electron chi connectivity index (χ3n) is 4.76. The van der Waals surface area contributed by atoms with E-state index in [9.17, 15) is 14.9 Å². The van der Waals surface area contributed by atoms with Crippen molar-refractivity contribution in [3.05, 3.63) is 81.2 Å². The van der Waals surface area contributed by atoms with Crippen molar-refractivity contribution in [2.24, 2.45) is 0 Å². The van der Waals surface area contributed by atoms with Gasteiger partial charge in [0.05, 0.1) is 28.8 Å². The van der Waals surface area contributed by atoms with Crippen molar-refractivity contribution in [2.75, 3.05) is 12.4 Å². The molecular formula is C21H21N3O4. The number of hydrogen-bond acceptors (Lipinski definition) is 4. The number of nitrogens with zero attached hydrogens (tertiary/aromatic N) is 2. The fourth-order valence-electron chi connectivity index (χ4n) is 3.27. The van der Waals surface area contributed by atoms with E-state index in [1.165, 1.54) is 6.07 Å². The molecule has 1 amide bonds. The molecule has 0 spiro atoms. The van der Waals surface area contributed by atoms with Crippen LogP contribution in [0.2, 0.25) is 0 Å². The van der Waals surface area contributed by atoms with Gasteiger partial charge in [0.2, 0.25) is 0 Å². The van der Waals surface area contributed by atoms with E-state index in [0.29, 0.717) is 16.8 Å². The average Bonchev–Trinajstić information content (AvgIpc) is 2.97. The summed E-state index contributed by atoms with van der Waals surface area (Å²) in [4.78, 5) is 23.5. The van der Waals surface area contributed by atoms with Gasteiger partial charge in [0.25, 0.3) is 11.6 Å². The SMILES string of the molecule is COc1ccc(-n2c(C)cc(C(=O)Nc3cccc([N+](=O)[O-])c3C)c2C)cc1. The lowest BCUT2D eigenvalue weighted by Gasteiger charge is -2.11. The second-order valence-corrected chi connectivity index (χ2v) is 6.48. The summed E-state index contributed by atoms with van der Waals surface area (Å²) in [5, 5.41) is 13.9. The number of methoxy groups -OCH3 is 1. The van der Waals surface area contributed by atoms with Gasteiger partial charge in [0, 0.05) is 23.1 Å². The van der Waals surface area contributed by atoms with Crippen LogP contribution < -0.4 is 10.1 Å². The smallest absolute Gasteiger partial charge is 0.274 e. The number of carbonyl (C=O) groups excluding carboxylic acids is 1. The van der Waals surface area contributed by atoms with Crippen LogP contribution in [0.3, 0.4) is 0 Å². The monoisotopic (exact) mass is 379 g/mol. The molecule has 1 heterocycles. The van der Waals surface area contributed by atoms with Gasteiger partial charge in [-0.15, -0.1) is 0 Å². The number of rotatable bonds is 5. The van der Waals surface area contributed by atoms with E-state index in [1.807, 2.05) is 48.7 Å². The fraction of sp³-hybridized carbons (Fsp3) is 0.190. The molecule has 7 nitrogen and oxygen atoms in total. The molecule has 144 valence electrons. The predicted octanol–water partition coefficient (Wildman–Crippen LogP) is 4.57. The molecule has 1 N–H and O–H groups in total. The van der Waals surface area contributed by atoms with E-state index in [1.54, 1.807) is 26.2 Å². The summed E-state index contributed by atoms with van der Waals surface area (Å²) < 4.78 is 7.17. The minimum atomic E-state index is -0.458. The Morgan fingerprint density at radius 2 is 1.79 bits per heavy atom. The van der Waals surface area contributed by atoms with Gasteiger partial charge in [-0.05, 0) is 57.2 Å². The number of carbonyl (C=O) groups is 1. The Morgan fingerprint density at radius 3 is 2.39 bits per heavy atom. The minimum Gasteiger partial charge on any atom is -0.497 e. The number of nitro groups is 1. The molecule has 0 aliphatic heterocycles. The van der Waals surface area contributed by atoms with Crippen LogP contribution in [0.1, 0.15) is 27.3 Å². The first kappa shape index (κ1) is 19.2. The molecule has 28 heavy (non-hydrogen) atoms. The van der Waals surface area contributed by atoms with E-state index in [-0.39, 0.29) is 11.6 Å². The molecule has 0 aliphatic carbocycles. The molecule has 0 saturated heterocycles. The molecule has 0 saturated carbocycles. The average molecular weight is 379 g/mol. The Kier molecular flexibility index (Phi) is 5.17. The molecule has 0 bridgehead atoms. The molecule has 0 atom stereocenters. The van der Waals surface area contributed by atoms with Gasteiger partial charge in [-0.3, -0.25) is 14.9 Å². The van der Waals surface area contributed by atoms with Crippen molar-refractivity contribution in [3.63, 3.8) is 0 Å². The van der Waals surface area contributed by atoms with Crippen LogP contribution in [0.15, 0.2) is 48.5 Å². The number of hydrogen-bond donors (Lipinski definition) is 1. The van der Waals surface area contributed by atoms with E-state index in [2.05, 4.69) is 5.32 Å². The van der Waals surface area contributed by atoms with Gasteiger partial charge in [-0.1, -0.05) is 6.07 Å². The van der Waals surface area contributed by atoms with Gasteiger partial charge in [-0.2, -0.15) is 0 Å². The molecule has 3 aromatic rings. The zero-order chi connectivity index (χ0) is 20.4. The molecule has 2 aromatic carbocycles. The van der Waals surface area contributed by atoms with Gasteiger partial charge >= 0.3 is 0 Å². The first-order chi connectivity index (χ1) is 13.3. The summed E-state index contributed by atoms with van der Waals surface area (Å²) in [6.45, 7) is 5.41. The summed E-state index contributed by atoms with van der Waals surface area (Å²) in [6.07, 6.45) is 0. The molecule has 1 aromatic heterocycles. The number of aryl methyl sites for hydroxylation is 1. The Labute approximate surface area is 162 Å². The van der Waals surface area contributed by atoms with Crippen molar-refractivity contribution in [1.29, 1.82) is 0 Å². The topological polar surface area (TPSA) is 86.4 Å². The van der Waals surface area contributed by atoms with Crippen molar-refractivity contribution in [1.82, 2.24) is 4.57 Å². The molecule has 0 aliphatic rings. The van der Waals surface area contributed by atoms with Gasteiger partial charge < -0.3 is 14.6 Å². The summed E-state index contributed by atoms with van der Waals surface area (Å²) in [5.74, 6) is 0.446. The largest absolute Gasteiger partial charge is 0.497 e. The maximum Gasteiger partial charge on any atom is 0.274 e. The minimum absolute atomic E-state index is 0.0264. The zero-order valence-corrected chi connectivity index (χ0v) is 16.1. The van der Waals surface area contributed by atoms with Crippen LogP contribution >= 0.6 is 0 Å². The first-order valence-electron chi connectivity index (χ1n) is 8.72.